The molecule has 1 heterocycles. The molecule has 7 nitrogen and oxygen atoms in total. The van der Waals surface area contributed by atoms with Crippen molar-refractivity contribution in [3.8, 4) is 0 Å². The Bertz CT molecular complexity index is 567. The van der Waals surface area contributed by atoms with Crippen molar-refractivity contribution < 1.29 is 19.8 Å². The van der Waals surface area contributed by atoms with Gasteiger partial charge in [-0.15, -0.1) is 0 Å². The molecule has 0 unspecified atom stereocenters. The molecule has 1 fully saturated rings. The molecule has 0 bridgehead atoms. The van der Waals surface area contributed by atoms with Crippen LogP contribution in [0, 0.1) is 11.8 Å². The average Bonchev–Trinajstić information content (AvgIpc) is 3.04. The molecule has 1 aliphatic rings. The van der Waals surface area contributed by atoms with E-state index in [0.717, 1.165) is 6.54 Å². The Morgan fingerprint density at radius 2 is 1.88 bits per heavy atom. The highest BCUT2D eigenvalue weighted by atomic mass is 16.3. The van der Waals surface area contributed by atoms with Crippen LogP contribution in [-0.4, -0.2) is 77.8 Å². The fourth-order valence-corrected chi connectivity index (χ4v) is 3.22. The monoisotopic (exact) mass is 349 g/mol. The van der Waals surface area contributed by atoms with Gasteiger partial charge in [0.25, 0.3) is 0 Å². The summed E-state index contributed by atoms with van der Waals surface area (Å²) in [6.45, 7) is 4.91. The summed E-state index contributed by atoms with van der Waals surface area (Å²) >= 11 is 0. The van der Waals surface area contributed by atoms with Gasteiger partial charge in [-0.25, -0.2) is 0 Å². The molecule has 0 saturated carbocycles. The standard InChI is InChI=1S/C18H27N3O4/c1-2-20(8-9-22)10-14-11-21(12-15(14)13-23)18(25)17(24)19-16-6-4-3-5-7-16/h3-7,14-15,22-23H,2,8-13H2,1H3,(H,19,24)/t14-,15-/m1/s1. The van der Waals surface area contributed by atoms with Gasteiger partial charge < -0.3 is 25.3 Å². The fourth-order valence-electron chi connectivity index (χ4n) is 3.22. The molecule has 2 amide bonds. The van der Waals surface area contributed by atoms with Crippen LogP contribution in [0.1, 0.15) is 6.92 Å². The van der Waals surface area contributed by atoms with E-state index in [-0.39, 0.29) is 25.0 Å². The third-order valence-electron chi connectivity index (χ3n) is 4.68. The maximum absolute atomic E-state index is 12.4. The number of nitrogens with one attached hydrogen (secondary N) is 1. The van der Waals surface area contributed by atoms with E-state index in [9.17, 15) is 14.7 Å². The second kappa shape index (κ2) is 9.50. The molecule has 0 aliphatic carbocycles. The minimum Gasteiger partial charge on any atom is -0.396 e. The van der Waals surface area contributed by atoms with E-state index in [2.05, 4.69) is 10.2 Å². The molecule has 3 N–H and O–H groups in total. The zero-order chi connectivity index (χ0) is 18.2. The summed E-state index contributed by atoms with van der Waals surface area (Å²) in [5, 5.41) is 21.3. The highest BCUT2D eigenvalue weighted by Crippen LogP contribution is 2.24. The summed E-state index contributed by atoms with van der Waals surface area (Å²) in [4.78, 5) is 28.2. The van der Waals surface area contributed by atoms with Crippen LogP contribution in [-0.2, 0) is 9.59 Å². The maximum atomic E-state index is 12.4. The van der Waals surface area contributed by atoms with E-state index < -0.39 is 11.8 Å². The van der Waals surface area contributed by atoms with Crippen molar-refractivity contribution in [2.45, 2.75) is 6.92 Å². The van der Waals surface area contributed by atoms with Crippen molar-refractivity contribution in [1.82, 2.24) is 9.80 Å². The van der Waals surface area contributed by atoms with Crippen LogP contribution in [0.2, 0.25) is 0 Å². The highest BCUT2D eigenvalue weighted by molar-refractivity contribution is 6.39. The predicted molar refractivity (Wildman–Crippen MR) is 94.9 cm³/mol. The van der Waals surface area contributed by atoms with Crippen LogP contribution in [0.25, 0.3) is 0 Å². The van der Waals surface area contributed by atoms with Crippen LogP contribution >= 0.6 is 0 Å². The zero-order valence-corrected chi connectivity index (χ0v) is 14.6. The van der Waals surface area contributed by atoms with E-state index in [1.165, 1.54) is 4.90 Å². The van der Waals surface area contributed by atoms with E-state index in [1.54, 1.807) is 24.3 Å². The van der Waals surface area contributed by atoms with Gasteiger partial charge in [-0.2, -0.15) is 0 Å². The number of benzene rings is 1. The third kappa shape index (κ3) is 5.26. The first-order chi connectivity index (χ1) is 12.1. The number of nitrogens with zero attached hydrogens (tertiary/aromatic N) is 2. The van der Waals surface area contributed by atoms with Gasteiger partial charge in [-0.05, 0) is 24.6 Å². The lowest BCUT2D eigenvalue weighted by atomic mass is 9.96. The number of aliphatic hydroxyl groups is 2. The number of carbonyl (C=O) groups is 2. The number of likely N-dealkylation sites (tertiary alicyclic amines) is 1. The Balaban J connectivity index is 1.95. The number of para-hydroxylation sites is 1. The van der Waals surface area contributed by atoms with Gasteiger partial charge in [-0.1, -0.05) is 25.1 Å². The van der Waals surface area contributed by atoms with Crippen molar-refractivity contribution in [1.29, 1.82) is 0 Å². The van der Waals surface area contributed by atoms with Crippen molar-refractivity contribution >= 4 is 17.5 Å². The van der Waals surface area contributed by atoms with Gasteiger partial charge in [0, 0.05) is 44.4 Å². The SMILES string of the molecule is CCN(CCO)C[C@@H]1CN(C(=O)C(=O)Nc2ccccc2)C[C@@H]1CO. The number of anilines is 1. The molecular formula is C18H27N3O4. The van der Waals surface area contributed by atoms with E-state index in [1.807, 2.05) is 13.0 Å². The predicted octanol–water partition coefficient (Wildman–Crippen LogP) is 0.00620. The Kier molecular flexibility index (Phi) is 7.36. The quantitative estimate of drug-likeness (QED) is 0.603. The van der Waals surface area contributed by atoms with Crippen LogP contribution in [0.15, 0.2) is 30.3 Å². The molecule has 0 spiro atoms. The molecule has 2 atom stereocenters. The lowest BCUT2D eigenvalue weighted by Crippen LogP contribution is -2.39. The molecule has 25 heavy (non-hydrogen) atoms. The summed E-state index contributed by atoms with van der Waals surface area (Å²) in [5.41, 5.74) is 0.579. The Morgan fingerprint density at radius 1 is 1.20 bits per heavy atom. The van der Waals surface area contributed by atoms with Crippen molar-refractivity contribution in [2.75, 3.05) is 51.3 Å². The fraction of sp³-hybridized carbons (Fsp3) is 0.556. The molecule has 1 aliphatic heterocycles. The first-order valence-corrected chi connectivity index (χ1v) is 8.68. The van der Waals surface area contributed by atoms with Crippen LogP contribution in [0.5, 0.6) is 0 Å². The third-order valence-corrected chi connectivity index (χ3v) is 4.68. The molecule has 2 rings (SSSR count). The summed E-state index contributed by atoms with van der Waals surface area (Å²) in [7, 11) is 0. The number of hydrogen-bond donors (Lipinski definition) is 3. The van der Waals surface area contributed by atoms with Gasteiger partial charge in [-0.3, -0.25) is 9.59 Å². The molecule has 1 aromatic carbocycles. The molecule has 138 valence electrons. The summed E-state index contributed by atoms with van der Waals surface area (Å²) in [6, 6.07) is 8.85. The summed E-state index contributed by atoms with van der Waals surface area (Å²) < 4.78 is 0. The summed E-state index contributed by atoms with van der Waals surface area (Å²) in [6.07, 6.45) is 0. The zero-order valence-electron chi connectivity index (χ0n) is 14.6. The first-order valence-electron chi connectivity index (χ1n) is 8.68. The van der Waals surface area contributed by atoms with Gasteiger partial charge in [0.2, 0.25) is 0 Å². The van der Waals surface area contributed by atoms with E-state index >= 15 is 0 Å². The number of aliphatic hydroxyl groups excluding tert-OH is 2. The second-order valence-electron chi connectivity index (χ2n) is 6.35. The summed E-state index contributed by atoms with van der Waals surface area (Å²) in [5.74, 6) is -1.20. The Labute approximate surface area is 148 Å². The van der Waals surface area contributed by atoms with E-state index in [0.29, 0.717) is 31.9 Å². The largest absolute Gasteiger partial charge is 0.396 e. The molecule has 0 radical (unpaired) electrons. The molecule has 1 aromatic rings. The van der Waals surface area contributed by atoms with Crippen molar-refractivity contribution in [3.63, 3.8) is 0 Å². The van der Waals surface area contributed by atoms with Crippen molar-refractivity contribution in [3.05, 3.63) is 30.3 Å². The highest BCUT2D eigenvalue weighted by Gasteiger charge is 2.37. The molecule has 1 saturated heterocycles. The number of carbonyl (C=O) groups excluding carboxylic acids is 2. The Hall–Kier alpha value is -1.96. The molecule has 0 aromatic heterocycles. The number of likely N-dealkylation sites (N-methyl/N-ethyl adjacent to an activating group) is 1. The van der Waals surface area contributed by atoms with Crippen LogP contribution in [0.3, 0.4) is 0 Å². The minimum absolute atomic E-state index is 0.0224. The maximum Gasteiger partial charge on any atom is 0.313 e. The topological polar surface area (TPSA) is 93.1 Å². The number of amides is 2. The Morgan fingerprint density at radius 3 is 2.48 bits per heavy atom. The number of rotatable bonds is 7. The lowest BCUT2D eigenvalue weighted by Gasteiger charge is -2.25. The normalized spacial score (nSPS) is 20.1. The number of hydrogen-bond acceptors (Lipinski definition) is 5. The van der Waals surface area contributed by atoms with Gasteiger partial charge >= 0.3 is 11.8 Å². The van der Waals surface area contributed by atoms with Gasteiger partial charge in [0.05, 0.1) is 6.61 Å². The first kappa shape index (κ1) is 19.4. The average molecular weight is 349 g/mol. The van der Waals surface area contributed by atoms with Gasteiger partial charge in [0.1, 0.15) is 0 Å². The minimum atomic E-state index is -0.661. The lowest BCUT2D eigenvalue weighted by molar-refractivity contribution is -0.142. The smallest absolute Gasteiger partial charge is 0.313 e. The van der Waals surface area contributed by atoms with Crippen LogP contribution in [0.4, 0.5) is 5.69 Å². The van der Waals surface area contributed by atoms with Crippen molar-refractivity contribution in [2.24, 2.45) is 11.8 Å². The molecule has 7 heteroatoms. The molecular weight excluding hydrogens is 322 g/mol. The second-order valence-corrected chi connectivity index (χ2v) is 6.35. The van der Waals surface area contributed by atoms with Crippen LogP contribution < -0.4 is 5.32 Å². The van der Waals surface area contributed by atoms with E-state index in [4.69, 9.17) is 5.11 Å². The van der Waals surface area contributed by atoms with Gasteiger partial charge in [0.15, 0.2) is 0 Å².